The highest BCUT2D eigenvalue weighted by Gasteiger charge is 2.14. The molecule has 0 fully saturated rings. The Morgan fingerprint density at radius 3 is 3.00 bits per heavy atom. The maximum absolute atomic E-state index is 5.85. The Hall–Kier alpha value is -0.960. The average Bonchev–Trinajstić information content (AvgIpc) is 2.07. The number of rotatable bonds is 0. The molecule has 0 radical (unpaired) electrons. The number of hydrogen-bond donors (Lipinski definition) is 0. The largest absolute Gasteiger partial charge is 0.484 e. The Labute approximate surface area is 75.3 Å². The molecule has 2 rings (SSSR count). The van der Waals surface area contributed by atoms with E-state index >= 15 is 0 Å². The highest BCUT2D eigenvalue weighted by Crippen LogP contribution is 2.31. The molecular weight excluding hydrogens is 178 g/mol. The van der Waals surface area contributed by atoms with Crippen molar-refractivity contribution in [2.24, 2.45) is 0 Å². The van der Waals surface area contributed by atoms with E-state index in [1.54, 1.807) is 6.07 Å². The Morgan fingerprint density at radius 2 is 2.17 bits per heavy atom. The minimum atomic E-state index is 0.545. The van der Waals surface area contributed by atoms with E-state index in [-0.39, 0.29) is 0 Å². The minimum Gasteiger partial charge on any atom is -0.484 e. The third-order valence-electron chi connectivity index (χ3n) is 1.66. The summed E-state index contributed by atoms with van der Waals surface area (Å²) >= 11 is 5.85. The van der Waals surface area contributed by atoms with E-state index in [1.807, 2.05) is 6.92 Å². The second kappa shape index (κ2) is 2.83. The maximum Gasteiger partial charge on any atom is 0.257 e. The fraction of sp³-hybridized carbons (Fsp3) is 0.375. The average molecular weight is 186 g/mol. The summed E-state index contributed by atoms with van der Waals surface area (Å²) < 4.78 is 10.6. The molecule has 2 heterocycles. The molecule has 0 saturated carbocycles. The fourth-order valence-electron chi connectivity index (χ4n) is 1.04. The molecule has 1 aliphatic heterocycles. The van der Waals surface area contributed by atoms with Gasteiger partial charge < -0.3 is 9.47 Å². The molecule has 0 N–H and O–H groups in total. The van der Waals surface area contributed by atoms with Crippen LogP contribution in [0.1, 0.15) is 5.69 Å². The molecule has 0 aromatic carbocycles. The van der Waals surface area contributed by atoms with Gasteiger partial charge in [0.15, 0.2) is 5.75 Å². The number of hydrogen-bond acceptors (Lipinski definition) is 3. The van der Waals surface area contributed by atoms with E-state index in [0.29, 0.717) is 29.9 Å². The summed E-state index contributed by atoms with van der Waals surface area (Å²) in [4.78, 5) is 4.13. The molecule has 4 heteroatoms. The molecule has 3 nitrogen and oxygen atoms in total. The number of aryl methyl sites for hydroxylation is 1. The van der Waals surface area contributed by atoms with E-state index in [0.717, 1.165) is 5.69 Å². The molecule has 1 aliphatic rings. The third-order valence-corrected chi connectivity index (χ3v) is 2.05. The molecule has 0 spiro atoms. The van der Waals surface area contributed by atoms with Gasteiger partial charge in [-0.2, -0.15) is 0 Å². The van der Waals surface area contributed by atoms with Gasteiger partial charge in [-0.3, -0.25) is 0 Å². The van der Waals surface area contributed by atoms with Gasteiger partial charge in [0, 0.05) is 6.07 Å². The van der Waals surface area contributed by atoms with Gasteiger partial charge in [0.2, 0.25) is 0 Å². The van der Waals surface area contributed by atoms with Gasteiger partial charge in [-0.05, 0) is 6.92 Å². The Morgan fingerprint density at radius 1 is 1.42 bits per heavy atom. The van der Waals surface area contributed by atoms with Crippen LogP contribution in [0.5, 0.6) is 11.6 Å². The molecule has 0 saturated heterocycles. The summed E-state index contributed by atoms with van der Waals surface area (Å²) in [6.07, 6.45) is 0. The molecule has 64 valence electrons. The van der Waals surface area contributed by atoms with E-state index in [4.69, 9.17) is 21.1 Å². The van der Waals surface area contributed by atoms with Crippen molar-refractivity contribution in [2.75, 3.05) is 13.2 Å². The summed E-state index contributed by atoms with van der Waals surface area (Å²) in [5.41, 5.74) is 0.765. The number of nitrogens with zero attached hydrogens (tertiary/aromatic N) is 1. The normalized spacial score (nSPS) is 14.5. The van der Waals surface area contributed by atoms with Crippen LogP contribution < -0.4 is 9.47 Å². The minimum absolute atomic E-state index is 0.545. The first kappa shape index (κ1) is 7.68. The van der Waals surface area contributed by atoms with Crippen LogP contribution in [0.25, 0.3) is 0 Å². The quantitative estimate of drug-likeness (QED) is 0.618. The summed E-state index contributed by atoms with van der Waals surface area (Å²) in [6.45, 7) is 2.95. The SMILES string of the molecule is Cc1nc2c(cc1Cl)OCCO2. The first-order valence-corrected chi connectivity index (χ1v) is 4.08. The Bertz CT molecular complexity index is 283. The van der Waals surface area contributed by atoms with Crippen molar-refractivity contribution in [3.8, 4) is 11.6 Å². The van der Waals surface area contributed by atoms with Crippen LogP contribution in [0, 0.1) is 6.92 Å². The topological polar surface area (TPSA) is 31.4 Å². The second-order valence-electron chi connectivity index (χ2n) is 2.56. The first-order valence-electron chi connectivity index (χ1n) is 3.70. The van der Waals surface area contributed by atoms with Crippen LogP contribution in [0.4, 0.5) is 0 Å². The summed E-state index contributed by atoms with van der Waals surface area (Å²) in [5.74, 6) is 1.18. The molecule has 1 aromatic rings. The van der Waals surface area contributed by atoms with Crippen LogP contribution in [0.3, 0.4) is 0 Å². The van der Waals surface area contributed by atoms with Crippen molar-refractivity contribution < 1.29 is 9.47 Å². The molecule has 0 aliphatic carbocycles. The number of aromatic nitrogens is 1. The van der Waals surface area contributed by atoms with Crippen LogP contribution in [0.15, 0.2) is 6.07 Å². The lowest BCUT2D eigenvalue weighted by atomic mass is 10.3. The van der Waals surface area contributed by atoms with Crippen molar-refractivity contribution in [3.05, 3.63) is 16.8 Å². The Kier molecular flexibility index (Phi) is 1.81. The van der Waals surface area contributed by atoms with Gasteiger partial charge >= 0.3 is 0 Å². The number of ether oxygens (including phenoxy) is 2. The van der Waals surface area contributed by atoms with Crippen LogP contribution >= 0.6 is 11.6 Å². The van der Waals surface area contributed by atoms with Crippen molar-refractivity contribution >= 4 is 11.6 Å². The maximum atomic E-state index is 5.85. The third kappa shape index (κ3) is 1.20. The van der Waals surface area contributed by atoms with Gasteiger partial charge in [0.05, 0.1) is 10.7 Å². The van der Waals surface area contributed by atoms with Gasteiger partial charge in [-0.15, -0.1) is 0 Å². The predicted octanol–water partition coefficient (Wildman–Crippen LogP) is 1.81. The van der Waals surface area contributed by atoms with Gasteiger partial charge in [-0.1, -0.05) is 11.6 Å². The van der Waals surface area contributed by atoms with Crippen LogP contribution in [-0.2, 0) is 0 Å². The van der Waals surface area contributed by atoms with Crippen LogP contribution in [0.2, 0.25) is 5.02 Å². The standard InChI is InChI=1S/C8H8ClNO2/c1-5-6(9)4-7-8(10-5)12-3-2-11-7/h4H,2-3H2,1H3. The van der Waals surface area contributed by atoms with E-state index in [2.05, 4.69) is 4.98 Å². The number of halogens is 1. The lowest BCUT2D eigenvalue weighted by molar-refractivity contribution is 0.164. The second-order valence-corrected chi connectivity index (χ2v) is 2.96. The van der Waals surface area contributed by atoms with E-state index in [1.165, 1.54) is 0 Å². The highest BCUT2D eigenvalue weighted by molar-refractivity contribution is 6.31. The molecule has 0 atom stereocenters. The first-order chi connectivity index (χ1) is 5.77. The smallest absolute Gasteiger partial charge is 0.257 e. The molecule has 1 aromatic heterocycles. The fourth-order valence-corrected chi connectivity index (χ4v) is 1.18. The molecule has 0 amide bonds. The zero-order valence-electron chi connectivity index (χ0n) is 6.63. The van der Waals surface area contributed by atoms with Gasteiger partial charge in [0.1, 0.15) is 13.2 Å². The molecule has 0 unspecified atom stereocenters. The van der Waals surface area contributed by atoms with Crippen LogP contribution in [-0.4, -0.2) is 18.2 Å². The predicted molar refractivity (Wildman–Crippen MR) is 45.0 cm³/mol. The van der Waals surface area contributed by atoms with Crippen molar-refractivity contribution in [1.82, 2.24) is 4.98 Å². The Balaban J connectivity index is 2.49. The van der Waals surface area contributed by atoms with Crippen molar-refractivity contribution in [2.45, 2.75) is 6.92 Å². The molecule has 12 heavy (non-hydrogen) atoms. The van der Waals surface area contributed by atoms with Gasteiger partial charge in [0.25, 0.3) is 5.88 Å². The van der Waals surface area contributed by atoms with Crippen molar-refractivity contribution in [1.29, 1.82) is 0 Å². The monoisotopic (exact) mass is 185 g/mol. The highest BCUT2D eigenvalue weighted by atomic mass is 35.5. The number of pyridine rings is 1. The van der Waals surface area contributed by atoms with Crippen molar-refractivity contribution in [3.63, 3.8) is 0 Å². The van der Waals surface area contributed by atoms with E-state index < -0.39 is 0 Å². The lowest BCUT2D eigenvalue weighted by Crippen LogP contribution is -2.16. The number of fused-ring (bicyclic) bond motifs is 1. The zero-order valence-corrected chi connectivity index (χ0v) is 7.39. The lowest BCUT2D eigenvalue weighted by Gasteiger charge is -2.17. The molecular formula is C8H8ClNO2. The zero-order chi connectivity index (χ0) is 8.55. The molecule has 0 bridgehead atoms. The van der Waals surface area contributed by atoms with E-state index in [9.17, 15) is 0 Å². The van der Waals surface area contributed by atoms with Gasteiger partial charge in [-0.25, -0.2) is 4.98 Å². The summed E-state index contributed by atoms with van der Waals surface area (Å²) in [6, 6.07) is 1.73. The summed E-state index contributed by atoms with van der Waals surface area (Å²) in [7, 11) is 0. The summed E-state index contributed by atoms with van der Waals surface area (Å²) in [5, 5.41) is 0.610.